The summed E-state index contributed by atoms with van der Waals surface area (Å²) in [7, 11) is 0. The highest BCUT2D eigenvalue weighted by atomic mass is 32.1. The van der Waals surface area contributed by atoms with E-state index in [0.29, 0.717) is 6.54 Å². The Balaban J connectivity index is 2.72. The first-order chi connectivity index (χ1) is 8.76. The Morgan fingerprint density at radius 1 is 1.33 bits per heavy atom. The smallest absolute Gasteiger partial charge is 0.185 e. The van der Waals surface area contributed by atoms with Crippen LogP contribution in [-0.4, -0.2) is 31.3 Å². The van der Waals surface area contributed by atoms with Crippen LogP contribution in [0.15, 0.2) is 0 Å². The van der Waals surface area contributed by atoms with E-state index in [1.807, 2.05) is 6.92 Å². The molecule has 1 aromatic heterocycles. The minimum absolute atomic E-state index is 0.593. The maximum atomic E-state index is 5.78. The van der Waals surface area contributed by atoms with Crippen molar-refractivity contribution in [3.63, 3.8) is 0 Å². The standard InChI is InChI=1S/C13H25N3OS/c1-4-7-11-12(10-14)18-13(15-11)16(5-2)8-9-17-6-3/h4-10,14H2,1-3H3. The Bertz CT molecular complexity index is 341. The van der Waals surface area contributed by atoms with Crippen LogP contribution in [0.25, 0.3) is 0 Å². The zero-order valence-electron chi connectivity index (χ0n) is 11.7. The number of likely N-dealkylation sites (N-methyl/N-ethyl adjacent to an activating group) is 1. The summed E-state index contributed by atoms with van der Waals surface area (Å²) in [5.41, 5.74) is 6.96. The van der Waals surface area contributed by atoms with Crippen LogP contribution in [0.3, 0.4) is 0 Å². The Morgan fingerprint density at radius 3 is 2.67 bits per heavy atom. The summed E-state index contributed by atoms with van der Waals surface area (Å²) in [4.78, 5) is 8.22. The van der Waals surface area contributed by atoms with Gasteiger partial charge >= 0.3 is 0 Å². The van der Waals surface area contributed by atoms with E-state index < -0.39 is 0 Å². The third-order valence-corrected chi connectivity index (χ3v) is 3.98. The van der Waals surface area contributed by atoms with Crippen molar-refractivity contribution in [1.82, 2.24) is 4.98 Å². The van der Waals surface area contributed by atoms with Gasteiger partial charge in [-0.3, -0.25) is 0 Å². The van der Waals surface area contributed by atoms with Crippen molar-refractivity contribution in [1.29, 1.82) is 0 Å². The van der Waals surface area contributed by atoms with Crippen LogP contribution in [0, 0.1) is 0 Å². The molecule has 0 spiro atoms. The number of nitrogens with zero attached hydrogens (tertiary/aromatic N) is 2. The molecule has 1 rings (SSSR count). The molecule has 2 N–H and O–H groups in total. The number of aromatic nitrogens is 1. The van der Waals surface area contributed by atoms with E-state index in [1.165, 1.54) is 10.6 Å². The largest absolute Gasteiger partial charge is 0.380 e. The highest BCUT2D eigenvalue weighted by molar-refractivity contribution is 7.15. The van der Waals surface area contributed by atoms with Gasteiger partial charge in [0, 0.05) is 31.1 Å². The summed E-state index contributed by atoms with van der Waals surface area (Å²) in [5.74, 6) is 0. The number of hydrogen-bond acceptors (Lipinski definition) is 5. The monoisotopic (exact) mass is 271 g/mol. The lowest BCUT2D eigenvalue weighted by Crippen LogP contribution is -2.27. The second-order valence-electron chi connectivity index (χ2n) is 4.10. The first-order valence-corrected chi connectivity index (χ1v) is 7.59. The summed E-state index contributed by atoms with van der Waals surface area (Å²) in [5, 5.41) is 1.08. The van der Waals surface area contributed by atoms with Crippen LogP contribution >= 0.6 is 11.3 Å². The normalized spacial score (nSPS) is 10.9. The predicted octanol–water partition coefficient (Wildman–Crippen LogP) is 2.42. The van der Waals surface area contributed by atoms with E-state index in [4.69, 9.17) is 15.5 Å². The van der Waals surface area contributed by atoms with Gasteiger partial charge in [0.25, 0.3) is 0 Å². The number of ether oxygens (including phenoxy) is 1. The molecule has 0 aliphatic carbocycles. The van der Waals surface area contributed by atoms with E-state index in [1.54, 1.807) is 11.3 Å². The van der Waals surface area contributed by atoms with Crippen molar-refractivity contribution in [3.05, 3.63) is 10.6 Å². The zero-order valence-corrected chi connectivity index (χ0v) is 12.6. The van der Waals surface area contributed by atoms with Crippen LogP contribution in [0.4, 0.5) is 5.13 Å². The zero-order chi connectivity index (χ0) is 13.4. The molecular formula is C13H25N3OS. The van der Waals surface area contributed by atoms with Crippen LogP contribution in [0.5, 0.6) is 0 Å². The maximum absolute atomic E-state index is 5.78. The molecule has 0 aliphatic rings. The second-order valence-corrected chi connectivity index (χ2v) is 5.16. The number of hydrogen-bond donors (Lipinski definition) is 1. The minimum atomic E-state index is 0.593. The topological polar surface area (TPSA) is 51.4 Å². The summed E-state index contributed by atoms with van der Waals surface area (Å²) in [6.07, 6.45) is 2.13. The summed E-state index contributed by atoms with van der Waals surface area (Å²) in [6, 6.07) is 0. The third-order valence-electron chi connectivity index (χ3n) is 2.80. The summed E-state index contributed by atoms with van der Waals surface area (Å²) in [6.45, 7) is 10.3. The van der Waals surface area contributed by atoms with Crippen molar-refractivity contribution >= 4 is 16.5 Å². The fourth-order valence-electron chi connectivity index (χ4n) is 1.80. The average molecular weight is 271 g/mol. The molecule has 0 atom stereocenters. The van der Waals surface area contributed by atoms with E-state index in [9.17, 15) is 0 Å². The van der Waals surface area contributed by atoms with E-state index in [2.05, 4.69) is 18.7 Å². The van der Waals surface area contributed by atoms with Gasteiger partial charge in [-0.25, -0.2) is 4.98 Å². The lowest BCUT2D eigenvalue weighted by molar-refractivity contribution is 0.154. The molecule has 1 aromatic rings. The average Bonchev–Trinajstić information content (AvgIpc) is 2.78. The van der Waals surface area contributed by atoms with Gasteiger partial charge in [0.05, 0.1) is 12.3 Å². The molecule has 1 heterocycles. The van der Waals surface area contributed by atoms with Crippen LogP contribution in [0.1, 0.15) is 37.8 Å². The van der Waals surface area contributed by atoms with Gasteiger partial charge in [-0.1, -0.05) is 13.3 Å². The van der Waals surface area contributed by atoms with Crippen molar-refractivity contribution in [2.24, 2.45) is 5.73 Å². The number of thiazole rings is 1. The number of rotatable bonds is 9. The SMILES string of the molecule is CCCc1nc(N(CC)CCOCC)sc1CN. The Morgan fingerprint density at radius 2 is 2.11 bits per heavy atom. The van der Waals surface area contributed by atoms with Crippen molar-refractivity contribution < 1.29 is 4.74 Å². The molecule has 104 valence electrons. The van der Waals surface area contributed by atoms with Gasteiger partial charge in [-0.15, -0.1) is 11.3 Å². The van der Waals surface area contributed by atoms with Crippen LogP contribution in [-0.2, 0) is 17.7 Å². The lowest BCUT2D eigenvalue weighted by Gasteiger charge is -2.19. The van der Waals surface area contributed by atoms with Gasteiger partial charge in [0.15, 0.2) is 5.13 Å². The van der Waals surface area contributed by atoms with Gasteiger partial charge in [0.2, 0.25) is 0 Å². The molecule has 4 nitrogen and oxygen atoms in total. The Labute approximate surface area is 114 Å². The quantitative estimate of drug-likeness (QED) is 0.701. The number of aryl methyl sites for hydroxylation is 1. The molecule has 0 bridgehead atoms. The maximum Gasteiger partial charge on any atom is 0.185 e. The lowest BCUT2D eigenvalue weighted by atomic mass is 10.2. The number of anilines is 1. The molecular weight excluding hydrogens is 246 g/mol. The second kappa shape index (κ2) is 8.45. The molecule has 0 saturated carbocycles. The first kappa shape index (κ1) is 15.4. The van der Waals surface area contributed by atoms with E-state index >= 15 is 0 Å². The van der Waals surface area contributed by atoms with Gasteiger partial charge in [-0.2, -0.15) is 0 Å². The fourth-order valence-corrected chi connectivity index (χ4v) is 2.88. The van der Waals surface area contributed by atoms with E-state index in [0.717, 1.165) is 44.3 Å². The molecule has 0 aromatic carbocycles. The molecule has 0 unspecified atom stereocenters. The summed E-state index contributed by atoms with van der Waals surface area (Å²) < 4.78 is 5.41. The molecule has 0 radical (unpaired) electrons. The highest BCUT2D eigenvalue weighted by Crippen LogP contribution is 2.26. The minimum Gasteiger partial charge on any atom is -0.380 e. The van der Waals surface area contributed by atoms with Gasteiger partial charge < -0.3 is 15.4 Å². The van der Waals surface area contributed by atoms with Gasteiger partial charge in [0.1, 0.15) is 0 Å². The highest BCUT2D eigenvalue weighted by Gasteiger charge is 2.13. The van der Waals surface area contributed by atoms with Crippen molar-refractivity contribution in [2.75, 3.05) is 31.2 Å². The molecule has 0 fully saturated rings. The molecule has 18 heavy (non-hydrogen) atoms. The Hall–Kier alpha value is -0.650. The number of nitrogens with two attached hydrogens (primary N) is 1. The molecule has 0 aliphatic heterocycles. The van der Waals surface area contributed by atoms with E-state index in [-0.39, 0.29) is 0 Å². The van der Waals surface area contributed by atoms with Crippen molar-refractivity contribution in [3.8, 4) is 0 Å². The van der Waals surface area contributed by atoms with Crippen molar-refractivity contribution in [2.45, 2.75) is 40.2 Å². The van der Waals surface area contributed by atoms with Gasteiger partial charge in [-0.05, 0) is 20.3 Å². The summed E-state index contributed by atoms with van der Waals surface area (Å²) >= 11 is 1.72. The Kier molecular flexibility index (Phi) is 7.23. The molecule has 0 saturated heterocycles. The van der Waals surface area contributed by atoms with Crippen LogP contribution < -0.4 is 10.6 Å². The first-order valence-electron chi connectivity index (χ1n) is 6.78. The molecule has 5 heteroatoms. The van der Waals surface area contributed by atoms with Crippen LogP contribution in [0.2, 0.25) is 0 Å². The molecule has 0 amide bonds. The third kappa shape index (κ3) is 4.23. The predicted molar refractivity (Wildman–Crippen MR) is 78.4 cm³/mol. The fraction of sp³-hybridized carbons (Fsp3) is 0.769.